The van der Waals surface area contributed by atoms with E-state index in [9.17, 15) is 4.79 Å². The maximum atomic E-state index is 12.3. The average molecular weight is 494 g/mol. The fourth-order valence-corrected chi connectivity index (χ4v) is 4.97. The summed E-state index contributed by atoms with van der Waals surface area (Å²) in [5, 5.41) is 7.11. The van der Waals surface area contributed by atoms with Crippen LogP contribution in [0.2, 0.25) is 5.02 Å². The SMILES string of the molecule is CN(C)C(=O)c1ccc2cc(-c3c(Sc4ccc(Cl)cn4)cnn3C3CCCCO3)ccc2n1. The van der Waals surface area contributed by atoms with Crippen molar-refractivity contribution in [2.24, 2.45) is 0 Å². The number of ether oxygens (including phenoxy) is 1. The van der Waals surface area contributed by atoms with Crippen LogP contribution >= 0.6 is 23.4 Å². The van der Waals surface area contributed by atoms with Gasteiger partial charge in [-0.25, -0.2) is 14.6 Å². The first-order chi connectivity index (χ1) is 16.5. The Kier molecular flexibility index (Phi) is 6.54. The van der Waals surface area contributed by atoms with Crippen molar-refractivity contribution in [3.05, 3.63) is 65.6 Å². The van der Waals surface area contributed by atoms with E-state index in [-0.39, 0.29) is 12.1 Å². The zero-order chi connectivity index (χ0) is 23.7. The topological polar surface area (TPSA) is 73.1 Å². The minimum Gasteiger partial charge on any atom is -0.356 e. The summed E-state index contributed by atoms with van der Waals surface area (Å²) in [5.41, 5.74) is 3.18. The molecule has 0 N–H and O–H groups in total. The van der Waals surface area contributed by atoms with E-state index in [1.165, 1.54) is 4.90 Å². The van der Waals surface area contributed by atoms with Gasteiger partial charge in [-0.05, 0) is 49.6 Å². The normalized spacial score (nSPS) is 16.0. The van der Waals surface area contributed by atoms with E-state index < -0.39 is 0 Å². The molecule has 7 nitrogen and oxygen atoms in total. The van der Waals surface area contributed by atoms with Crippen molar-refractivity contribution in [2.75, 3.05) is 20.7 Å². The van der Waals surface area contributed by atoms with E-state index >= 15 is 0 Å². The average Bonchev–Trinajstić information content (AvgIpc) is 3.28. The van der Waals surface area contributed by atoms with Crippen LogP contribution < -0.4 is 0 Å². The molecule has 0 spiro atoms. The molecule has 1 fully saturated rings. The van der Waals surface area contributed by atoms with Crippen LogP contribution in [0, 0.1) is 0 Å². The molecule has 4 heterocycles. The maximum Gasteiger partial charge on any atom is 0.271 e. The standard InChI is InChI=1S/C25H24ClN5O2S/c1-30(2)25(32)20-10-6-16-13-17(7-9-19(16)29-20)24-21(34-22-11-8-18(26)14-27-22)15-28-31(24)23-5-3-4-12-33-23/h6-11,13-15,23H,3-5,12H2,1-2H3. The molecule has 0 bridgehead atoms. The molecule has 1 saturated heterocycles. The Morgan fingerprint density at radius 3 is 2.76 bits per heavy atom. The maximum absolute atomic E-state index is 12.3. The monoisotopic (exact) mass is 493 g/mol. The molecule has 174 valence electrons. The van der Waals surface area contributed by atoms with Crippen LogP contribution in [0.15, 0.2) is 64.8 Å². The van der Waals surface area contributed by atoms with E-state index in [4.69, 9.17) is 21.4 Å². The zero-order valence-electron chi connectivity index (χ0n) is 18.9. The Labute approximate surface area is 207 Å². The largest absolute Gasteiger partial charge is 0.356 e. The van der Waals surface area contributed by atoms with Crippen molar-refractivity contribution in [2.45, 2.75) is 35.4 Å². The second-order valence-electron chi connectivity index (χ2n) is 8.34. The molecule has 1 aliphatic rings. The Bertz CT molecular complexity index is 1330. The van der Waals surface area contributed by atoms with Crippen LogP contribution in [0.25, 0.3) is 22.2 Å². The summed E-state index contributed by atoms with van der Waals surface area (Å²) < 4.78 is 8.04. The lowest BCUT2D eigenvalue weighted by molar-refractivity contribution is -0.0384. The number of amides is 1. The summed E-state index contributed by atoms with van der Waals surface area (Å²) >= 11 is 7.56. The highest BCUT2D eigenvalue weighted by atomic mass is 35.5. The number of pyridine rings is 2. The van der Waals surface area contributed by atoms with E-state index in [0.717, 1.165) is 58.0 Å². The number of rotatable bonds is 5. The van der Waals surface area contributed by atoms with Crippen LogP contribution in [0.4, 0.5) is 0 Å². The van der Waals surface area contributed by atoms with Gasteiger partial charge in [0, 0.05) is 37.8 Å². The predicted molar refractivity (Wildman–Crippen MR) is 133 cm³/mol. The summed E-state index contributed by atoms with van der Waals surface area (Å²) in [6.45, 7) is 0.732. The lowest BCUT2D eigenvalue weighted by Crippen LogP contribution is -2.22. The first-order valence-electron chi connectivity index (χ1n) is 11.1. The van der Waals surface area contributed by atoms with Crippen molar-refractivity contribution >= 4 is 40.2 Å². The summed E-state index contributed by atoms with van der Waals surface area (Å²) in [4.78, 5) is 23.8. The highest BCUT2D eigenvalue weighted by Crippen LogP contribution is 2.39. The van der Waals surface area contributed by atoms with Crippen LogP contribution in [-0.2, 0) is 4.74 Å². The quantitative estimate of drug-likeness (QED) is 0.355. The molecule has 4 aromatic rings. The summed E-state index contributed by atoms with van der Waals surface area (Å²) in [6.07, 6.45) is 6.50. The van der Waals surface area contributed by atoms with Crippen molar-refractivity contribution in [3.63, 3.8) is 0 Å². The van der Waals surface area contributed by atoms with Gasteiger partial charge in [0.05, 0.1) is 27.3 Å². The van der Waals surface area contributed by atoms with Gasteiger partial charge < -0.3 is 9.64 Å². The summed E-state index contributed by atoms with van der Waals surface area (Å²) in [5.74, 6) is -0.118. The molecule has 9 heteroatoms. The van der Waals surface area contributed by atoms with Crippen LogP contribution in [0.3, 0.4) is 0 Å². The minimum absolute atomic E-state index is 0.106. The second kappa shape index (κ2) is 9.74. The molecule has 34 heavy (non-hydrogen) atoms. The highest BCUT2D eigenvalue weighted by molar-refractivity contribution is 7.99. The van der Waals surface area contributed by atoms with Gasteiger partial charge in [0.2, 0.25) is 0 Å². The van der Waals surface area contributed by atoms with Crippen molar-refractivity contribution in [1.82, 2.24) is 24.6 Å². The second-order valence-corrected chi connectivity index (χ2v) is 9.84. The van der Waals surface area contributed by atoms with Gasteiger partial charge in [0.25, 0.3) is 5.91 Å². The van der Waals surface area contributed by atoms with Crippen LogP contribution in [0.5, 0.6) is 0 Å². The number of fused-ring (bicyclic) bond motifs is 1. The smallest absolute Gasteiger partial charge is 0.271 e. The predicted octanol–water partition coefficient (Wildman–Crippen LogP) is 5.70. The lowest BCUT2D eigenvalue weighted by atomic mass is 10.1. The molecule has 1 unspecified atom stereocenters. The Morgan fingerprint density at radius 1 is 1.15 bits per heavy atom. The number of hydrogen-bond acceptors (Lipinski definition) is 6. The number of nitrogens with zero attached hydrogens (tertiary/aromatic N) is 5. The number of hydrogen-bond donors (Lipinski definition) is 0. The molecule has 0 radical (unpaired) electrons. The number of benzene rings is 1. The van der Waals surface area contributed by atoms with Crippen molar-refractivity contribution in [1.29, 1.82) is 0 Å². The molecular weight excluding hydrogens is 470 g/mol. The first kappa shape index (κ1) is 22.8. The van der Waals surface area contributed by atoms with E-state index in [1.807, 2.05) is 41.2 Å². The minimum atomic E-state index is -0.118. The molecular formula is C25H24ClN5O2S. The summed E-state index contributed by atoms with van der Waals surface area (Å²) in [6, 6.07) is 13.5. The third-order valence-corrected chi connectivity index (χ3v) is 6.89. The van der Waals surface area contributed by atoms with Gasteiger partial charge >= 0.3 is 0 Å². The van der Waals surface area contributed by atoms with Crippen LogP contribution in [0.1, 0.15) is 36.0 Å². The van der Waals surface area contributed by atoms with E-state index in [0.29, 0.717) is 10.7 Å². The molecule has 1 atom stereocenters. The van der Waals surface area contributed by atoms with Crippen molar-refractivity contribution < 1.29 is 9.53 Å². The third kappa shape index (κ3) is 4.66. The number of halogens is 1. The van der Waals surface area contributed by atoms with Crippen LogP contribution in [-0.4, -0.2) is 51.3 Å². The Balaban J connectivity index is 1.57. The zero-order valence-corrected chi connectivity index (χ0v) is 20.5. The van der Waals surface area contributed by atoms with Gasteiger partial charge in [-0.15, -0.1) is 0 Å². The summed E-state index contributed by atoms with van der Waals surface area (Å²) in [7, 11) is 3.45. The number of carbonyl (C=O) groups excluding carboxylic acids is 1. The first-order valence-corrected chi connectivity index (χ1v) is 12.3. The fourth-order valence-electron chi connectivity index (χ4n) is 3.99. The Morgan fingerprint density at radius 2 is 2.03 bits per heavy atom. The van der Waals surface area contributed by atoms with Gasteiger partial charge in [-0.1, -0.05) is 35.5 Å². The van der Waals surface area contributed by atoms with E-state index in [1.54, 1.807) is 38.1 Å². The molecule has 1 aromatic carbocycles. The highest BCUT2D eigenvalue weighted by Gasteiger charge is 2.24. The Hall–Kier alpha value is -2.94. The molecule has 1 amide bonds. The van der Waals surface area contributed by atoms with E-state index in [2.05, 4.69) is 16.0 Å². The number of aromatic nitrogens is 4. The molecule has 5 rings (SSSR count). The van der Waals surface area contributed by atoms with Crippen molar-refractivity contribution in [3.8, 4) is 11.3 Å². The lowest BCUT2D eigenvalue weighted by Gasteiger charge is -2.25. The fraction of sp³-hybridized carbons (Fsp3) is 0.280. The molecule has 0 saturated carbocycles. The van der Waals surface area contributed by atoms with Gasteiger partial charge in [0.15, 0.2) is 6.23 Å². The van der Waals surface area contributed by atoms with Gasteiger partial charge in [-0.3, -0.25) is 4.79 Å². The molecule has 3 aromatic heterocycles. The van der Waals surface area contributed by atoms with Gasteiger partial charge in [0.1, 0.15) is 10.7 Å². The third-order valence-electron chi connectivity index (χ3n) is 5.69. The van der Waals surface area contributed by atoms with Gasteiger partial charge in [-0.2, -0.15) is 5.10 Å². The molecule has 0 aliphatic carbocycles. The molecule has 1 aliphatic heterocycles. The number of carbonyl (C=O) groups is 1.